The number of hydrogen-bond donors (Lipinski definition) is 2. The first-order valence-electron chi connectivity index (χ1n) is 5.68. The number of hydrogen-bond acceptors (Lipinski definition) is 6. The maximum absolute atomic E-state index is 5.63. The number of nitrogens with zero attached hydrogens (tertiary/aromatic N) is 2. The molecule has 92 valence electrons. The van der Waals surface area contributed by atoms with Gasteiger partial charge in [0.15, 0.2) is 0 Å². The maximum atomic E-state index is 5.63. The van der Waals surface area contributed by atoms with E-state index >= 15 is 0 Å². The third-order valence-corrected chi connectivity index (χ3v) is 3.50. The second kappa shape index (κ2) is 5.29. The smallest absolute Gasteiger partial charge is 0.241 e. The molecule has 0 aliphatic heterocycles. The van der Waals surface area contributed by atoms with Crippen LogP contribution in [0, 0.1) is 0 Å². The number of fused-ring (bicyclic) bond motifs is 1. The summed E-state index contributed by atoms with van der Waals surface area (Å²) in [5.41, 5.74) is 2.47. The molecule has 2 aromatic heterocycles. The highest BCUT2D eigenvalue weighted by Crippen LogP contribution is 2.31. The normalized spacial score (nSPS) is 10.8. The van der Waals surface area contributed by atoms with Crippen molar-refractivity contribution in [2.24, 2.45) is 5.84 Å². The van der Waals surface area contributed by atoms with Gasteiger partial charge in [-0.3, -0.25) is 5.43 Å². The molecule has 0 saturated carbocycles. The molecule has 3 N–H and O–H groups in total. The van der Waals surface area contributed by atoms with Crippen LogP contribution in [0.5, 0.6) is 5.88 Å². The lowest BCUT2D eigenvalue weighted by Gasteiger charge is -2.06. The van der Waals surface area contributed by atoms with E-state index in [4.69, 9.17) is 10.6 Å². The first kappa shape index (κ1) is 12.1. The lowest BCUT2D eigenvalue weighted by molar-refractivity contribution is 0.309. The van der Waals surface area contributed by atoms with Gasteiger partial charge in [-0.1, -0.05) is 13.8 Å². The fourth-order valence-corrected chi connectivity index (χ4v) is 2.45. The summed E-state index contributed by atoms with van der Waals surface area (Å²) in [7, 11) is 0. The van der Waals surface area contributed by atoms with Crippen LogP contribution in [0.25, 0.3) is 10.2 Å². The minimum atomic E-state index is 0.396. The van der Waals surface area contributed by atoms with Gasteiger partial charge in [-0.2, -0.15) is 4.98 Å². The molecule has 0 aliphatic rings. The van der Waals surface area contributed by atoms with E-state index in [1.807, 2.05) is 0 Å². The van der Waals surface area contributed by atoms with E-state index in [-0.39, 0.29) is 0 Å². The number of nitrogen functional groups attached to an aromatic ring is 1. The predicted octanol–water partition coefficient (Wildman–Crippen LogP) is 2.33. The first-order valence-corrected chi connectivity index (χ1v) is 6.50. The van der Waals surface area contributed by atoms with E-state index < -0.39 is 0 Å². The van der Waals surface area contributed by atoms with E-state index in [1.54, 1.807) is 11.3 Å². The zero-order valence-corrected chi connectivity index (χ0v) is 10.8. The monoisotopic (exact) mass is 252 g/mol. The van der Waals surface area contributed by atoms with Crippen LogP contribution in [0.3, 0.4) is 0 Å². The quantitative estimate of drug-likeness (QED) is 0.631. The topological polar surface area (TPSA) is 73.1 Å². The van der Waals surface area contributed by atoms with Gasteiger partial charge in [-0.15, -0.1) is 11.3 Å². The molecular formula is C11H16N4OS. The fourth-order valence-electron chi connectivity index (χ4n) is 1.49. The zero-order valence-electron chi connectivity index (χ0n) is 9.99. The average molecular weight is 252 g/mol. The second-order valence-corrected chi connectivity index (χ2v) is 4.75. The van der Waals surface area contributed by atoms with Crippen molar-refractivity contribution in [1.82, 2.24) is 9.97 Å². The predicted molar refractivity (Wildman–Crippen MR) is 70.4 cm³/mol. The van der Waals surface area contributed by atoms with Crippen molar-refractivity contribution >= 4 is 27.5 Å². The highest BCUT2D eigenvalue weighted by atomic mass is 32.1. The minimum absolute atomic E-state index is 0.396. The Labute approximate surface area is 104 Å². The lowest BCUT2D eigenvalue weighted by Crippen LogP contribution is -2.11. The Bertz CT molecular complexity index is 511. The molecule has 2 aromatic rings. The van der Waals surface area contributed by atoms with Gasteiger partial charge in [0, 0.05) is 4.88 Å². The molecule has 6 heteroatoms. The van der Waals surface area contributed by atoms with Gasteiger partial charge in [-0.05, 0) is 18.9 Å². The number of anilines is 1. The molecule has 0 bridgehead atoms. The minimum Gasteiger partial charge on any atom is -0.477 e. The molecule has 0 aromatic carbocycles. The summed E-state index contributed by atoms with van der Waals surface area (Å²) < 4.78 is 5.63. The molecule has 0 radical (unpaired) electrons. The van der Waals surface area contributed by atoms with Crippen molar-refractivity contribution in [2.75, 3.05) is 12.0 Å². The Morgan fingerprint density at radius 2 is 2.24 bits per heavy atom. The van der Waals surface area contributed by atoms with E-state index in [1.165, 1.54) is 4.88 Å². The van der Waals surface area contributed by atoms with Gasteiger partial charge < -0.3 is 4.74 Å². The number of rotatable bonds is 5. The highest BCUT2D eigenvalue weighted by Gasteiger charge is 2.11. The van der Waals surface area contributed by atoms with Gasteiger partial charge >= 0.3 is 0 Å². The number of nitrogens with two attached hydrogens (primary N) is 1. The summed E-state index contributed by atoms with van der Waals surface area (Å²) in [6.45, 7) is 4.83. The van der Waals surface area contributed by atoms with E-state index in [2.05, 4.69) is 35.3 Å². The van der Waals surface area contributed by atoms with Crippen molar-refractivity contribution in [3.8, 4) is 5.88 Å². The van der Waals surface area contributed by atoms with E-state index in [9.17, 15) is 0 Å². The Hall–Kier alpha value is -1.40. The summed E-state index contributed by atoms with van der Waals surface area (Å²) in [4.78, 5) is 10.7. The van der Waals surface area contributed by atoms with Crippen molar-refractivity contribution in [3.05, 3.63) is 10.9 Å². The molecule has 0 atom stereocenters. The number of hydrazine groups is 1. The Morgan fingerprint density at radius 3 is 2.88 bits per heavy atom. The van der Waals surface area contributed by atoms with Gasteiger partial charge in [0.1, 0.15) is 4.83 Å². The van der Waals surface area contributed by atoms with Crippen LogP contribution in [-0.4, -0.2) is 16.6 Å². The van der Waals surface area contributed by atoms with Crippen LogP contribution in [0.1, 0.15) is 25.1 Å². The van der Waals surface area contributed by atoms with E-state index in [0.29, 0.717) is 18.4 Å². The fraction of sp³-hybridized carbons (Fsp3) is 0.455. The van der Waals surface area contributed by atoms with Gasteiger partial charge in [0.05, 0.1) is 12.0 Å². The molecule has 5 nitrogen and oxygen atoms in total. The second-order valence-electron chi connectivity index (χ2n) is 3.63. The number of thiophene rings is 1. The number of aryl methyl sites for hydroxylation is 1. The first-order chi connectivity index (χ1) is 8.28. The van der Waals surface area contributed by atoms with Crippen LogP contribution in [-0.2, 0) is 6.42 Å². The van der Waals surface area contributed by atoms with Crippen molar-refractivity contribution in [1.29, 1.82) is 0 Å². The third-order valence-electron chi connectivity index (χ3n) is 2.33. The average Bonchev–Trinajstić information content (AvgIpc) is 2.78. The number of nitrogens with one attached hydrogen (secondary N) is 1. The Balaban J connectivity index is 2.48. The van der Waals surface area contributed by atoms with Crippen molar-refractivity contribution in [3.63, 3.8) is 0 Å². The maximum Gasteiger partial charge on any atom is 0.241 e. The summed E-state index contributed by atoms with van der Waals surface area (Å²) in [5.74, 6) is 6.36. The standard InChI is InChI=1S/C11H16N4OS/c1-3-5-16-9-8-6-7(4-2)17-10(8)14-11(13-9)15-12/h6H,3-5,12H2,1-2H3,(H,13,14,15). The number of aromatic nitrogens is 2. The summed E-state index contributed by atoms with van der Waals surface area (Å²) in [5, 5.41) is 0.972. The lowest BCUT2D eigenvalue weighted by atomic mass is 10.3. The van der Waals surface area contributed by atoms with Crippen LogP contribution in [0.2, 0.25) is 0 Å². The van der Waals surface area contributed by atoms with Gasteiger partial charge in [0.2, 0.25) is 11.8 Å². The highest BCUT2D eigenvalue weighted by molar-refractivity contribution is 7.18. The summed E-state index contributed by atoms with van der Waals surface area (Å²) in [6, 6.07) is 2.09. The van der Waals surface area contributed by atoms with Gasteiger partial charge in [-0.25, -0.2) is 10.8 Å². The molecule has 2 heterocycles. The van der Waals surface area contributed by atoms with Gasteiger partial charge in [0.25, 0.3) is 0 Å². The zero-order chi connectivity index (χ0) is 12.3. The molecule has 17 heavy (non-hydrogen) atoms. The molecule has 0 fully saturated rings. The molecule has 0 saturated heterocycles. The molecule has 0 unspecified atom stereocenters. The number of ether oxygens (including phenoxy) is 1. The van der Waals surface area contributed by atoms with Crippen LogP contribution >= 0.6 is 11.3 Å². The molecule has 0 amide bonds. The SMILES string of the molecule is CCCOc1nc(NN)nc2sc(CC)cc12. The van der Waals surface area contributed by atoms with Crippen molar-refractivity contribution < 1.29 is 4.74 Å². The summed E-state index contributed by atoms with van der Waals surface area (Å²) >= 11 is 1.65. The van der Waals surface area contributed by atoms with Crippen LogP contribution in [0.4, 0.5) is 5.95 Å². The van der Waals surface area contributed by atoms with E-state index in [0.717, 1.165) is 23.1 Å². The Morgan fingerprint density at radius 1 is 1.41 bits per heavy atom. The third kappa shape index (κ3) is 2.48. The Kier molecular flexibility index (Phi) is 3.75. The van der Waals surface area contributed by atoms with Crippen molar-refractivity contribution in [2.45, 2.75) is 26.7 Å². The largest absolute Gasteiger partial charge is 0.477 e. The van der Waals surface area contributed by atoms with Crippen LogP contribution < -0.4 is 16.0 Å². The molecule has 0 spiro atoms. The molecule has 0 aliphatic carbocycles. The summed E-state index contributed by atoms with van der Waals surface area (Å²) in [6.07, 6.45) is 1.93. The molecular weight excluding hydrogens is 236 g/mol. The molecule has 2 rings (SSSR count). The van der Waals surface area contributed by atoms with Crippen LogP contribution in [0.15, 0.2) is 6.07 Å².